The number of likely N-dealkylation sites (tertiary alicyclic amines) is 1. The van der Waals surface area contributed by atoms with Gasteiger partial charge in [0.1, 0.15) is 12.1 Å². The van der Waals surface area contributed by atoms with Crippen LogP contribution in [0.4, 0.5) is 10.5 Å². The Morgan fingerprint density at radius 2 is 1.75 bits per heavy atom. The maximum atomic E-state index is 13.6. The summed E-state index contributed by atoms with van der Waals surface area (Å²) in [5.74, 6) is -0.151. The van der Waals surface area contributed by atoms with Crippen molar-refractivity contribution in [3.8, 4) is 0 Å². The molecular weight excluding hydrogens is 406 g/mol. The molecule has 2 fully saturated rings. The molecule has 4 amide bonds. The minimum atomic E-state index is -0.733. The van der Waals surface area contributed by atoms with E-state index in [9.17, 15) is 14.4 Å². The van der Waals surface area contributed by atoms with Gasteiger partial charge in [-0.25, -0.2) is 4.79 Å². The maximum Gasteiger partial charge on any atom is 0.317 e. The molecule has 2 N–H and O–H groups in total. The average Bonchev–Trinajstić information content (AvgIpc) is 3.00. The van der Waals surface area contributed by atoms with Crippen LogP contribution >= 0.6 is 0 Å². The second-order valence-electron chi connectivity index (χ2n) is 9.81. The van der Waals surface area contributed by atoms with E-state index in [2.05, 4.69) is 22.5 Å². The molecule has 1 aromatic carbocycles. The zero-order chi connectivity index (χ0) is 23.4. The molecule has 3 rings (SSSR count). The number of carbonyl (C=O) groups excluding carboxylic acids is 3. The van der Waals surface area contributed by atoms with Crippen LogP contribution in [0.15, 0.2) is 30.3 Å². The smallest absolute Gasteiger partial charge is 0.317 e. The Kier molecular flexibility index (Phi) is 7.31. The van der Waals surface area contributed by atoms with E-state index in [1.54, 1.807) is 9.80 Å². The van der Waals surface area contributed by atoms with Crippen LogP contribution in [0.2, 0.25) is 0 Å². The van der Waals surface area contributed by atoms with Gasteiger partial charge in [0.2, 0.25) is 5.91 Å². The lowest BCUT2D eigenvalue weighted by atomic mass is 9.85. The molecule has 1 aromatic rings. The number of nitrogens with zero attached hydrogens (tertiary/aromatic N) is 3. The Morgan fingerprint density at radius 1 is 1.09 bits per heavy atom. The number of rotatable bonds is 6. The molecule has 2 aliphatic rings. The quantitative estimate of drug-likeness (QED) is 0.662. The number of benzene rings is 1. The predicted octanol–water partition coefficient (Wildman–Crippen LogP) is 2.55. The Hall–Kier alpha value is -2.77. The molecule has 0 aliphatic carbocycles. The van der Waals surface area contributed by atoms with Crippen molar-refractivity contribution in [1.82, 2.24) is 20.4 Å². The number of piperidine rings is 1. The summed E-state index contributed by atoms with van der Waals surface area (Å²) >= 11 is 0. The maximum absolute atomic E-state index is 13.6. The second kappa shape index (κ2) is 9.79. The van der Waals surface area contributed by atoms with Gasteiger partial charge in [-0.1, -0.05) is 31.5 Å². The first-order valence-corrected chi connectivity index (χ1v) is 11.6. The molecule has 0 radical (unpaired) electrons. The van der Waals surface area contributed by atoms with Crippen LogP contribution in [-0.2, 0) is 9.59 Å². The summed E-state index contributed by atoms with van der Waals surface area (Å²) in [5.41, 5.74) is -0.0842. The molecule has 0 atom stereocenters. The van der Waals surface area contributed by atoms with Crippen molar-refractivity contribution in [3.63, 3.8) is 0 Å². The van der Waals surface area contributed by atoms with E-state index in [0.29, 0.717) is 39.1 Å². The van der Waals surface area contributed by atoms with Crippen molar-refractivity contribution < 1.29 is 14.4 Å². The first-order valence-electron chi connectivity index (χ1n) is 11.6. The monoisotopic (exact) mass is 443 g/mol. The normalized spacial score (nSPS) is 18.2. The second-order valence-corrected chi connectivity index (χ2v) is 9.81. The summed E-state index contributed by atoms with van der Waals surface area (Å²) in [6, 6.07) is 9.76. The lowest BCUT2D eigenvalue weighted by Crippen LogP contribution is -2.59. The zero-order valence-electron chi connectivity index (χ0n) is 19.8. The first-order chi connectivity index (χ1) is 15.2. The number of hydrogen-bond acceptors (Lipinski definition) is 4. The largest absolute Gasteiger partial charge is 0.355 e. The van der Waals surface area contributed by atoms with Gasteiger partial charge in [0.05, 0.1) is 6.67 Å². The van der Waals surface area contributed by atoms with Gasteiger partial charge >= 0.3 is 6.03 Å². The van der Waals surface area contributed by atoms with E-state index in [4.69, 9.17) is 0 Å². The van der Waals surface area contributed by atoms with Crippen LogP contribution in [0, 0.1) is 0 Å². The van der Waals surface area contributed by atoms with Crippen molar-refractivity contribution in [2.45, 2.75) is 64.5 Å². The molecule has 0 saturated carbocycles. The summed E-state index contributed by atoms with van der Waals surface area (Å²) in [5, 5.41) is 5.91. The van der Waals surface area contributed by atoms with Crippen LogP contribution < -0.4 is 15.5 Å². The van der Waals surface area contributed by atoms with Crippen molar-refractivity contribution in [3.05, 3.63) is 30.3 Å². The van der Waals surface area contributed by atoms with Gasteiger partial charge in [0, 0.05) is 30.9 Å². The van der Waals surface area contributed by atoms with Crippen molar-refractivity contribution in [2.24, 2.45) is 0 Å². The number of carbonyl (C=O) groups is 3. The molecular formula is C24H37N5O3. The number of unbranched alkanes of at least 4 members (excludes halogenated alkanes) is 1. The van der Waals surface area contributed by atoms with Gasteiger partial charge in [-0.05, 0) is 52.2 Å². The molecule has 2 saturated heterocycles. The third-order valence-corrected chi connectivity index (χ3v) is 6.13. The molecule has 176 valence electrons. The molecule has 0 bridgehead atoms. The zero-order valence-corrected chi connectivity index (χ0v) is 19.8. The lowest BCUT2D eigenvalue weighted by molar-refractivity contribution is -0.137. The fraction of sp³-hybridized carbons (Fsp3) is 0.625. The third-order valence-electron chi connectivity index (χ3n) is 6.13. The molecule has 32 heavy (non-hydrogen) atoms. The number of para-hydroxylation sites is 1. The summed E-state index contributed by atoms with van der Waals surface area (Å²) in [6.07, 6.45) is 3.00. The fourth-order valence-electron chi connectivity index (χ4n) is 4.44. The Labute approximate surface area is 191 Å². The van der Waals surface area contributed by atoms with Gasteiger partial charge in [-0.2, -0.15) is 0 Å². The Bertz CT molecular complexity index is 813. The SMILES string of the molecule is CCCCNC(=O)CN1CN(c2ccccc2)C2(CCN(C(=O)NC(C)(C)C)CC2)C1=O. The van der Waals surface area contributed by atoms with E-state index in [-0.39, 0.29) is 29.9 Å². The number of anilines is 1. The highest BCUT2D eigenvalue weighted by Crippen LogP contribution is 2.39. The summed E-state index contributed by atoms with van der Waals surface area (Å²) in [6.45, 7) is 9.99. The molecule has 2 heterocycles. The Morgan fingerprint density at radius 3 is 2.34 bits per heavy atom. The molecule has 0 unspecified atom stereocenters. The van der Waals surface area contributed by atoms with E-state index < -0.39 is 5.54 Å². The summed E-state index contributed by atoms with van der Waals surface area (Å²) in [7, 11) is 0. The first kappa shape index (κ1) is 23.9. The molecule has 0 aromatic heterocycles. The highest BCUT2D eigenvalue weighted by molar-refractivity contribution is 5.96. The summed E-state index contributed by atoms with van der Waals surface area (Å²) in [4.78, 5) is 44.2. The van der Waals surface area contributed by atoms with E-state index >= 15 is 0 Å². The highest BCUT2D eigenvalue weighted by atomic mass is 16.2. The molecule has 2 aliphatic heterocycles. The van der Waals surface area contributed by atoms with Crippen LogP contribution in [-0.4, -0.2) is 71.6 Å². The standard InChI is InChI=1S/C24H37N5O3/c1-5-6-14-25-20(30)17-28-18-29(19-10-8-7-9-11-19)24(21(28)31)12-15-27(16-13-24)22(32)26-23(2,3)4/h7-11H,5-6,12-18H2,1-4H3,(H,25,30)(H,26,32). The van der Waals surface area contributed by atoms with Gasteiger partial charge in [-0.15, -0.1) is 0 Å². The van der Waals surface area contributed by atoms with Crippen molar-refractivity contribution in [2.75, 3.05) is 37.7 Å². The molecule has 8 nitrogen and oxygen atoms in total. The van der Waals surface area contributed by atoms with Gasteiger partial charge < -0.3 is 25.3 Å². The van der Waals surface area contributed by atoms with Crippen LogP contribution in [0.5, 0.6) is 0 Å². The summed E-state index contributed by atoms with van der Waals surface area (Å²) < 4.78 is 0. The van der Waals surface area contributed by atoms with E-state index in [1.165, 1.54) is 0 Å². The number of amides is 4. The topological polar surface area (TPSA) is 85.0 Å². The lowest BCUT2D eigenvalue weighted by Gasteiger charge is -2.43. The molecule has 8 heteroatoms. The number of hydrogen-bond donors (Lipinski definition) is 2. The fourth-order valence-corrected chi connectivity index (χ4v) is 4.44. The van der Waals surface area contributed by atoms with Crippen LogP contribution in [0.25, 0.3) is 0 Å². The van der Waals surface area contributed by atoms with E-state index in [1.807, 2.05) is 51.1 Å². The van der Waals surface area contributed by atoms with Gasteiger partial charge in [-0.3, -0.25) is 9.59 Å². The van der Waals surface area contributed by atoms with Gasteiger partial charge in [0.25, 0.3) is 5.91 Å². The van der Waals surface area contributed by atoms with Crippen molar-refractivity contribution in [1.29, 1.82) is 0 Å². The third kappa shape index (κ3) is 5.34. The van der Waals surface area contributed by atoms with Crippen LogP contribution in [0.1, 0.15) is 53.4 Å². The minimum absolute atomic E-state index is 0.0251. The van der Waals surface area contributed by atoms with Crippen LogP contribution in [0.3, 0.4) is 0 Å². The molecule has 1 spiro atoms. The number of nitrogens with one attached hydrogen (secondary N) is 2. The highest BCUT2D eigenvalue weighted by Gasteiger charge is 2.54. The average molecular weight is 444 g/mol. The van der Waals surface area contributed by atoms with Crippen molar-refractivity contribution >= 4 is 23.5 Å². The van der Waals surface area contributed by atoms with E-state index in [0.717, 1.165) is 18.5 Å². The van der Waals surface area contributed by atoms with Gasteiger partial charge in [0.15, 0.2) is 0 Å². The predicted molar refractivity (Wildman–Crippen MR) is 125 cm³/mol. The minimum Gasteiger partial charge on any atom is -0.355 e. The number of urea groups is 1. The Balaban J connectivity index is 1.75.